The van der Waals surface area contributed by atoms with Gasteiger partial charge in [0.25, 0.3) is 11.6 Å². The number of carbonyl (C=O) groups is 1. The lowest BCUT2D eigenvalue weighted by Crippen LogP contribution is -2.14. The van der Waals surface area contributed by atoms with Crippen molar-refractivity contribution in [3.8, 4) is 11.5 Å². The van der Waals surface area contributed by atoms with Gasteiger partial charge < -0.3 is 9.47 Å². The van der Waals surface area contributed by atoms with E-state index in [1.165, 1.54) is 30.6 Å². The predicted molar refractivity (Wildman–Crippen MR) is 108 cm³/mol. The summed E-state index contributed by atoms with van der Waals surface area (Å²) < 4.78 is 10.5. The molecule has 0 aliphatic heterocycles. The zero-order valence-electron chi connectivity index (χ0n) is 15.7. The second kappa shape index (κ2) is 9.11. The third-order valence-electron chi connectivity index (χ3n) is 3.91. The van der Waals surface area contributed by atoms with Crippen LogP contribution in [0, 0.1) is 10.1 Å². The first-order valence-electron chi connectivity index (χ1n) is 8.68. The number of benzene rings is 2. The van der Waals surface area contributed by atoms with Crippen LogP contribution in [0.5, 0.6) is 11.5 Å². The molecule has 0 saturated carbocycles. The van der Waals surface area contributed by atoms with Crippen molar-refractivity contribution in [2.45, 2.75) is 13.3 Å². The van der Waals surface area contributed by atoms with Gasteiger partial charge in [-0.1, -0.05) is 41.7 Å². The maximum absolute atomic E-state index is 12.7. The van der Waals surface area contributed by atoms with E-state index < -0.39 is 10.8 Å². The molecule has 150 valence electrons. The summed E-state index contributed by atoms with van der Waals surface area (Å²) in [5.74, 6) is -0.260. The molecule has 0 aliphatic rings. The Labute approximate surface area is 170 Å². The number of ether oxygens (including phenoxy) is 2. The number of nitro benzene ring substituents is 1. The fourth-order valence-corrected chi connectivity index (χ4v) is 3.39. The maximum atomic E-state index is 12.7. The van der Waals surface area contributed by atoms with Gasteiger partial charge >= 0.3 is 0 Å². The van der Waals surface area contributed by atoms with Crippen molar-refractivity contribution >= 4 is 28.1 Å². The Balaban J connectivity index is 1.82. The summed E-state index contributed by atoms with van der Waals surface area (Å²) >= 11 is 1.21. The topological polar surface area (TPSA) is 116 Å². The van der Waals surface area contributed by atoms with Gasteiger partial charge in [0.2, 0.25) is 5.13 Å². The van der Waals surface area contributed by atoms with E-state index in [1.54, 1.807) is 6.92 Å². The van der Waals surface area contributed by atoms with Crippen LogP contribution < -0.4 is 14.8 Å². The molecular weight excluding hydrogens is 396 g/mol. The van der Waals surface area contributed by atoms with Crippen LogP contribution in [-0.4, -0.2) is 34.7 Å². The van der Waals surface area contributed by atoms with Crippen molar-refractivity contribution in [2.75, 3.05) is 19.0 Å². The highest BCUT2D eigenvalue weighted by Gasteiger charge is 2.25. The van der Waals surface area contributed by atoms with Gasteiger partial charge in [0, 0.05) is 12.5 Å². The van der Waals surface area contributed by atoms with Gasteiger partial charge in [-0.3, -0.25) is 20.2 Å². The van der Waals surface area contributed by atoms with E-state index in [1.807, 2.05) is 30.3 Å². The van der Waals surface area contributed by atoms with Crippen LogP contribution in [0.2, 0.25) is 0 Å². The highest BCUT2D eigenvalue weighted by molar-refractivity contribution is 7.15. The van der Waals surface area contributed by atoms with Crippen molar-refractivity contribution in [1.29, 1.82) is 0 Å². The molecule has 10 heteroatoms. The van der Waals surface area contributed by atoms with Crippen LogP contribution in [0.25, 0.3) is 0 Å². The van der Waals surface area contributed by atoms with Gasteiger partial charge in [-0.05, 0) is 12.5 Å². The molecule has 2 aromatic carbocycles. The highest BCUT2D eigenvalue weighted by Crippen LogP contribution is 2.35. The minimum absolute atomic E-state index is 0.157. The number of hydrogen-bond acceptors (Lipinski definition) is 8. The van der Waals surface area contributed by atoms with Gasteiger partial charge in [0.05, 0.1) is 24.7 Å². The third kappa shape index (κ3) is 4.85. The largest absolute Gasteiger partial charge is 0.493 e. The fraction of sp³-hybridized carbons (Fsp3) is 0.211. The smallest absolute Gasteiger partial charge is 0.286 e. The van der Waals surface area contributed by atoms with E-state index in [-0.39, 0.29) is 27.9 Å². The Kier molecular flexibility index (Phi) is 6.35. The maximum Gasteiger partial charge on any atom is 0.286 e. The summed E-state index contributed by atoms with van der Waals surface area (Å²) in [7, 11) is 1.39. The van der Waals surface area contributed by atoms with Crippen LogP contribution in [0.1, 0.15) is 27.9 Å². The average Bonchev–Trinajstić information content (AvgIpc) is 3.15. The number of anilines is 1. The van der Waals surface area contributed by atoms with Gasteiger partial charge in [-0.2, -0.15) is 0 Å². The number of amides is 1. The predicted octanol–water partition coefficient (Wildman–Crippen LogP) is 3.70. The van der Waals surface area contributed by atoms with Crippen molar-refractivity contribution in [1.82, 2.24) is 10.2 Å². The summed E-state index contributed by atoms with van der Waals surface area (Å²) in [6, 6.07) is 12.2. The zero-order valence-corrected chi connectivity index (χ0v) is 16.6. The molecule has 9 nitrogen and oxygen atoms in total. The molecule has 0 unspecified atom stereocenters. The van der Waals surface area contributed by atoms with E-state index in [4.69, 9.17) is 9.47 Å². The molecule has 29 heavy (non-hydrogen) atoms. The molecule has 0 aliphatic carbocycles. The molecule has 1 amide bonds. The SMILES string of the molecule is CCOc1cc([N+](=O)[O-])c(C(=O)Nc2nnc(Cc3ccccc3)s2)cc1OC. The van der Waals surface area contributed by atoms with E-state index in [9.17, 15) is 14.9 Å². The number of nitro groups is 1. The summed E-state index contributed by atoms with van der Waals surface area (Å²) in [6.45, 7) is 2.04. The monoisotopic (exact) mass is 414 g/mol. The van der Waals surface area contributed by atoms with Gasteiger partial charge in [-0.25, -0.2) is 0 Å². The molecule has 1 aromatic heterocycles. The zero-order chi connectivity index (χ0) is 20.8. The van der Waals surface area contributed by atoms with Crippen molar-refractivity contribution < 1.29 is 19.2 Å². The molecule has 0 spiro atoms. The molecule has 0 bridgehead atoms. The first kappa shape index (κ1) is 20.2. The molecule has 3 rings (SSSR count). The first-order valence-corrected chi connectivity index (χ1v) is 9.50. The van der Waals surface area contributed by atoms with Gasteiger partial charge in [0.1, 0.15) is 10.6 Å². The summed E-state index contributed by atoms with van der Waals surface area (Å²) in [5, 5.41) is 23.0. The Bertz CT molecular complexity index is 1020. The van der Waals surface area contributed by atoms with E-state index in [2.05, 4.69) is 15.5 Å². The minimum atomic E-state index is -0.680. The van der Waals surface area contributed by atoms with Crippen molar-refractivity contribution in [2.24, 2.45) is 0 Å². The van der Waals surface area contributed by atoms with Crippen LogP contribution in [0.15, 0.2) is 42.5 Å². The highest BCUT2D eigenvalue weighted by atomic mass is 32.1. The van der Waals surface area contributed by atoms with Crippen LogP contribution in [-0.2, 0) is 6.42 Å². The van der Waals surface area contributed by atoms with Crippen LogP contribution in [0.4, 0.5) is 10.8 Å². The number of nitrogens with one attached hydrogen (secondary N) is 1. The van der Waals surface area contributed by atoms with E-state index >= 15 is 0 Å². The molecule has 3 aromatic rings. The van der Waals surface area contributed by atoms with E-state index in [0.29, 0.717) is 18.0 Å². The molecule has 0 saturated heterocycles. The standard InChI is InChI=1S/C19H18N4O5S/c1-3-28-16-11-14(23(25)26)13(10-15(16)27-2)18(24)20-19-22-21-17(29-19)9-12-7-5-4-6-8-12/h4-8,10-11H,3,9H2,1-2H3,(H,20,22,24). The first-order chi connectivity index (χ1) is 14.0. The third-order valence-corrected chi connectivity index (χ3v) is 4.75. The Morgan fingerprint density at radius 2 is 1.97 bits per heavy atom. The lowest BCUT2D eigenvalue weighted by atomic mass is 10.1. The number of aromatic nitrogens is 2. The minimum Gasteiger partial charge on any atom is -0.493 e. The summed E-state index contributed by atoms with van der Waals surface area (Å²) in [6.07, 6.45) is 0.575. The lowest BCUT2D eigenvalue weighted by Gasteiger charge is -2.11. The molecule has 0 fully saturated rings. The summed E-state index contributed by atoms with van der Waals surface area (Å²) in [4.78, 5) is 23.5. The number of rotatable bonds is 8. The quantitative estimate of drug-likeness (QED) is 0.441. The van der Waals surface area contributed by atoms with Crippen molar-refractivity contribution in [3.05, 3.63) is 68.7 Å². The Hall–Kier alpha value is -3.53. The number of carbonyl (C=O) groups excluding carboxylic acids is 1. The number of methoxy groups -OCH3 is 1. The lowest BCUT2D eigenvalue weighted by molar-refractivity contribution is -0.385. The second-order valence-electron chi connectivity index (χ2n) is 5.83. The number of nitrogens with zero attached hydrogens (tertiary/aromatic N) is 3. The molecule has 1 heterocycles. The Morgan fingerprint density at radius 1 is 1.21 bits per heavy atom. The summed E-state index contributed by atoms with van der Waals surface area (Å²) in [5.41, 5.74) is 0.518. The fourth-order valence-electron chi connectivity index (χ4n) is 2.62. The van der Waals surface area contributed by atoms with E-state index in [0.717, 1.165) is 5.56 Å². The van der Waals surface area contributed by atoms with Crippen LogP contribution in [0.3, 0.4) is 0 Å². The van der Waals surface area contributed by atoms with Crippen molar-refractivity contribution in [3.63, 3.8) is 0 Å². The average molecular weight is 414 g/mol. The number of hydrogen-bond donors (Lipinski definition) is 1. The molecular formula is C19H18N4O5S. The van der Waals surface area contributed by atoms with Gasteiger partial charge in [-0.15, -0.1) is 10.2 Å². The van der Waals surface area contributed by atoms with Gasteiger partial charge in [0.15, 0.2) is 11.5 Å². The van der Waals surface area contributed by atoms with Crippen LogP contribution >= 0.6 is 11.3 Å². The molecule has 0 radical (unpaired) electrons. The normalized spacial score (nSPS) is 10.4. The molecule has 0 atom stereocenters. The second-order valence-corrected chi connectivity index (χ2v) is 6.89. The molecule has 1 N–H and O–H groups in total. The Morgan fingerprint density at radius 3 is 2.62 bits per heavy atom.